The Morgan fingerprint density at radius 1 is 1.44 bits per heavy atom. The van der Waals surface area contributed by atoms with Crippen LogP contribution in [0.5, 0.6) is 0 Å². The van der Waals surface area contributed by atoms with Gasteiger partial charge in [0, 0.05) is 12.6 Å². The van der Waals surface area contributed by atoms with E-state index in [0.29, 0.717) is 12.5 Å². The fourth-order valence-electron chi connectivity index (χ4n) is 1.38. The molecule has 0 bridgehead atoms. The average molecular weight is 270 g/mol. The quantitative estimate of drug-likeness (QED) is 0.704. The molecule has 102 valence electrons. The van der Waals surface area contributed by atoms with Gasteiger partial charge in [0.25, 0.3) is 0 Å². The van der Waals surface area contributed by atoms with Crippen LogP contribution < -0.4 is 10.6 Å². The van der Waals surface area contributed by atoms with Crippen LogP contribution in [0.25, 0.3) is 0 Å². The van der Waals surface area contributed by atoms with E-state index >= 15 is 0 Å². The van der Waals surface area contributed by atoms with Crippen LogP contribution in [0.2, 0.25) is 0 Å². The van der Waals surface area contributed by atoms with Crippen molar-refractivity contribution in [2.45, 2.75) is 32.9 Å². The van der Waals surface area contributed by atoms with Gasteiger partial charge in [0.05, 0.1) is 12.6 Å². The monoisotopic (exact) mass is 270 g/mol. The van der Waals surface area contributed by atoms with E-state index in [-0.39, 0.29) is 18.5 Å². The number of hydrogen-bond acceptors (Lipinski definition) is 4. The molecular weight excluding hydrogens is 248 g/mol. The molecule has 0 aliphatic carbocycles. The predicted octanol–water partition coefficient (Wildman–Crippen LogP) is 1.53. The summed E-state index contributed by atoms with van der Waals surface area (Å²) in [5.74, 6) is 0.388. The molecule has 0 radical (unpaired) electrons. The Kier molecular flexibility index (Phi) is 6.32. The molecule has 18 heavy (non-hydrogen) atoms. The van der Waals surface area contributed by atoms with Gasteiger partial charge in [-0.2, -0.15) is 11.3 Å². The first-order valence-corrected chi connectivity index (χ1v) is 7.15. The molecule has 1 heterocycles. The number of carbonyl (C=O) groups excluding carboxylic acids is 1. The molecule has 4 nitrogen and oxygen atoms in total. The SMILES string of the molecule is CC(C)C(C)NC(=O)CNCC(O)c1ccsc1. The summed E-state index contributed by atoms with van der Waals surface area (Å²) in [6, 6.07) is 2.05. The molecule has 0 aliphatic heterocycles. The van der Waals surface area contributed by atoms with Crippen molar-refractivity contribution in [2.24, 2.45) is 5.92 Å². The molecule has 0 spiro atoms. The lowest BCUT2D eigenvalue weighted by atomic mass is 10.1. The first-order valence-electron chi connectivity index (χ1n) is 6.21. The largest absolute Gasteiger partial charge is 0.387 e. The molecule has 0 saturated carbocycles. The molecule has 0 saturated heterocycles. The maximum Gasteiger partial charge on any atom is 0.234 e. The van der Waals surface area contributed by atoms with Crippen molar-refractivity contribution in [1.82, 2.24) is 10.6 Å². The lowest BCUT2D eigenvalue weighted by molar-refractivity contribution is -0.121. The van der Waals surface area contributed by atoms with Gasteiger partial charge in [0.2, 0.25) is 5.91 Å². The second-order valence-electron chi connectivity index (χ2n) is 4.80. The Labute approximate surface area is 112 Å². The molecular formula is C13H22N2O2S. The fourth-order valence-corrected chi connectivity index (χ4v) is 2.08. The molecule has 0 fully saturated rings. The fraction of sp³-hybridized carbons (Fsp3) is 0.615. The third-order valence-corrected chi connectivity index (χ3v) is 3.64. The summed E-state index contributed by atoms with van der Waals surface area (Å²) in [5, 5.41) is 19.5. The maximum atomic E-state index is 11.6. The van der Waals surface area contributed by atoms with Crippen LogP contribution in [-0.2, 0) is 4.79 Å². The minimum Gasteiger partial charge on any atom is -0.387 e. The minimum atomic E-state index is -0.549. The van der Waals surface area contributed by atoms with Gasteiger partial charge < -0.3 is 15.7 Å². The summed E-state index contributed by atoms with van der Waals surface area (Å²) >= 11 is 1.55. The van der Waals surface area contributed by atoms with Gasteiger partial charge in [-0.05, 0) is 35.2 Å². The minimum absolute atomic E-state index is 0.0336. The highest BCUT2D eigenvalue weighted by Crippen LogP contribution is 2.14. The highest BCUT2D eigenvalue weighted by Gasteiger charge is 2.11. The normalized spacial score (nSPS) is 14.5. The van der Waals surface area contributed by atoms with Crippen LogP contribution in [0.4, 0.5) is 0 Å². The van der Waals surface area contributed by atoms with Crippen molar-refractivity contribution in [3.8, 4) is 0 Å². The van der Waals surface area contributed by atoms with Gasteiger partial charge >= 0.3 is 0 Å². The number of aliphatic hydroxyl groups is 1. The van der Waals surface area contributed by atoms with Crippen molar-refractivity contribution in [1.29, 1.82) is 0 Å². The maximum absolute atomic E-state index is 11.6. The molecule has 0 aromatic carbocycles. The van der Waals surface area contributed by atoms with Gasteiger partial charge in [-0.3, -0.25) is 4.79 Å². The molecule has 2 atom stereocenters. The number of carbonyl (C=O) groups is 1. The van der Waals surface area contributed by atoms with Crippen LogP contribution in [-0.4, -0.2) is 30.1 Å². The Morgan fingerprint density at radius 3 is 2.72 bits per heavy atom. The van der Waals surface area contributed by atoms with Crippen molar-refractivity contribution >= 4 is 17.2 Å². The van der Waals surface area contributed by atoms with Crippen LogP contribution >= 0.6 is 11.3 Å². The number of aliphatic hydroxyl groups excluding tert-OH is 1. The van der Waals surface area contributed by atoms with E-state index in [1.807, 2.05) is 23.8 Å². The van der Waals surface area contributed by atoms with E-state index in [2.05, 4.69) is 24.5 Å². The number of hydrogen-bond donors (Lipinski definition) is 3. The first-order chi connectivity index (χ1) is 8.50. The van der Waals surface area contributed by atoms with Crippen LogP contribution in [0, 0.1) is 5.92 Å². The summed E-state index contributed by atoms with van der Waals surface area (Å²) < 4.78 is 0. The Bertz CT molecular complexity index is 352. The Morgan fingerprint density at radius 2 is 2.17 bits per heavy atom. The molecule has 1 aromatic rings. The summed E-state index contributed by atoms with van der Waals surface area (Å²) in [7, 11) is 0. The number of amides is 1. The van der Waals surface area contributed by atoms with Crippen molar-refractivity contribution in [3.63, 3.8) is 0 Å². The summed E-state index contributed by atoms with van der Waals surface area (Å²) in [6.07, 6.45) is -0.549. The number of thiophene rings is 1. The van der Waals surface area contributed by atoms with E-state index < -0.39 is 6.10 Å². The van der Waals surface area contributed by atoms with E-state index in [9.17, 15) is 9.90 Å². The smallest absolute Gasteiger partial charge is 0.234 e. The van der Waals surface area contributed by atoms with Gasteiger partial charge in [0.1, 0.15) is 0 Å². The van der Waals surface area contributed by atoms with Gasteiger partial charge in [0.15, 0.2) is 0 Å². The van der Waals surface area contributed by atoms with Crippen LogP contribution in [0.1, 0.15) is 32.4 Å². The average Bonchev–Trinajstić information content (AvgIpc) is 2.81. The third-order valence-electron chi connectivity index (χ3n) is 2.94. The van der Waals surface area contributed by atoms with E-state index in [0.717, 1.165) is 5.56 Å². The second kappa shape index (κ2) is 7.51. The first kappa shape index (κ1) is 15.1. The summed E-state index contributed by atoms with van der Waals surface area (Å²) in [4.78, 5) is 11.6. The number of nitrogens with one attached hydrogen (secondary N) is 2. The zero-order valence-electron chi connectivity index (χ0n) is 11.1. The zero-order chi connectivity index (χ0) is 13.5. The van der Waals surface area contributed by atoms with Gasteiger partial charge in [-0.25, -0.2) is 0 Å². The van der Waals surface area contributed by atoms with Crippen molar-refractivity contribution in [2.75, 3.05) is 13.1 Å². The Balaban J connectivity index is 2.19. The molecule has 1 rings (SSSR count). The molecule has 2 unspecified atom stereocenters. The second-order valence-corrected chi connectivity index (χ2v) is 5.58. The highest BCUT2D eigenvalue weighted by molar-refractivity contribution is 7.07. The van der Waals surface area contributed by atoms with Crippen molar-refractivity contribution < 1.29 is 9.90 Å². The lowest BCUT2D eigenvalue weighted by Gasteiger charge is -2.18. The van der Waals surface area contributed by atoms with Crippen LogP contribution in [0.15, 0.2) is 16.8 Å². The predicted molar refractivity (Wildman–Crippen MR) is 74.6 cm³/mol. The molecule has 3 N–H and O–H groups in total. The zero-order valence-corrected chi connectivity index (χ0v) is 12.0. The van der Waals surface area contributed by atoms with E-state index in [4.69, 9.17) is 0 Å². The molecule has 1 amide bonds. The van der Waals surface area contributed by atoms with Crippen molar-refractivity contribution in [3.05, 3.63) is 22.4 Å². The lowest BCUT2D eigenvalue weighted by Crippen LogP contribution is -2.42. The number of rotatable bonds is 7. The van der Waals surface area contributed by atoms with Crippen LogP contribution in [0.3, 0.4) is 0 Å². The van der Waals surface area contributed by atoms with E-state index in [1.165, 1.54) is 0 Å². The molecule has 5 heteroatoms. The standard InChI is InChI=1S/C13H22N2O2S/c1-9(2)10(3)15-13(17)7-14-6-12(16)11-4-5-18-8-11/h4-5,8-10,12,14,16H,6-7H2,1-3H3,(H,15,17). The molecule has 1 aromatic heterocycles. The summed E-state index contributed by atoms with van der Waals surface area (Å²) in [6.45, 7) is 6.75. The summed E-state index contributed by atoms with van der Waals surface area (Å²) in [5.41, 5.74) is 0.892. The third kappa shape index (κ3) is 5.16. The topological polar surface area (TPSA) is 61.4 Å². The highest BCUT2D eigenvalue weighted by atomic mass is 32.1. The van der Waals surface area contributed by atoms with E-state index in [1.54, 1.807) is 11.3 Å². The molecule has 0 aliphatic rings. The van der Waals surface area contributed by atoms with Gasteiger partial charge in [-0.15, -0.1) is 0 Å². The Hall–Kier alpha value is -0.910. The van der Waals surface area contributed by atoms with Gasteiger partial charge in [-0.1, -0.05) is 13.8 Å².